The van der Waals surface area contributed by atoms with Crippen LogP contribution in [0, 0.1) is 18.7 Å². The Kier molecular flexibility index (Phi) is 5.66. The number of amides is 2. The highest BCUT2D eigenvalue weighted by atomic mass is 32.1. The van der Waals surface area contributed by atoms with Crippen molar-refractivity contribution >= 4 is 28.3 Å². The van der Waals surface area contributed by atoms with Gasteiger partial charge in [-0.05, 0) is 50.5 Å². The molecule has 2 amide bonds. The zero-order chi connectivity index (χ0) is 18.7. The van der Waals surface area contributed by atoms with Crippen molar-refractivity contribution in [3.63, 3.8) is 0 Å². The third-order valence-corrected chi connectivity index (χ3v) is 5.63. The summed E-state index contributed by atoms with van der Waals surface area (Å²) in [7, 11) is 0. The van der Waals surface area contributed by atoms with Crippen LogP contribution < -0.4 is 5.32 Å². The molecule has 0 aliphatic carbocycles. The SMILES string of the molecule is CCc1nc(NC(=O)C2CCN(C(=O)c3ccc(F)cc3)CC2)sc1C. The minimum absolute atomic E-state index is 0.0321. The number of hydrogen-bond donors (Lipinski definition) is 1. The molecule has 2 aromatic rings. The Morgan fingerprint density at radius 3 is 2.50 bits per heavy atom. The fourth-order valence-corrected chi connectivity index (χ4v) is 4.04. The van der Waals surface area contributed by atoms with E-state index in [1.54, 1.807) is 4.90 Å². The first-order valence-corrected chi connectivity index (χ1v) is 9.61. The van der Waals surface area contributed by atoms with Crippen molar-refractivity contribution < 1.29 is 14.0 Å². The molecule has 1 aromatic carbocycles. The van der Waals surface area contributed by atoms with Gasteiger partial charge in [-0.15, -0.1) is 11.3 Å². The number of rotatable bonds is 4. The molecule has 1 aliphatic rings. The van der Waals surface area contributed by atoms with Crippen molar-refractivity contribution in [3.8, 4) is 0 Å². The second kappa shape index (κ2) is 7.95. The highest BCUT2D eigenvalue weighted by Crippen LogP contribution is 2.25. The van der Waals surface area contributed by atoms with Crippen molar-refractivity contribution in [1.82, 2.24) is 9.88 Å². The van der Waals surface area contributed by atoms with E-state index in [0.29, 0.717) is 36.6 Å². The molecule has 0 spiro atoms. The van der Waals surface area contributed by atoms with Crippen LogP contribution in [-0.2, 0) is 11.2 Å². The molecular formula is C19H22FN3O2S. The number of benzene rings is 1. The Hall–Kier alpha value is -2.28. The van der Waals surface area contributed by atoms with E-state index in [0.717, 1.165) is 17.0 Å². The lowest BCUT2D eigenvalue weighted by Crippen LogP contribution is -2.41. The number of hydrogen-bond acceptors (Lipinski definition) is 4. The fourth-order valence-electron chi connectivity index (χ4n) is 3.14. The zero-order valence-electron chi connectivity index (χ0n) is 14.9. The minimum Gasteiger partial charge on any atom is -0.339 e. The van der Waals surface area contributed by atoms with Gasteiger partial charge in [-0.2, -0.15) is 0 Å². The molecule has 3 rings (SSSR count). The molecule has 7 heteroatoms. The predicted molar refractivity (Wildman–Crippen MR) is 99.9 cm³/mol. The largest absolute Gasteiger partial charge is 0.339 e. The number of nitrogens with zero attached hydrogens (tertiary/aromatic N) is 2. The summed E-state index contributed by atoms with van der Waals surface area (Å²) in [5.74, 6) is -0.635. The Morgan fingerprint density at radius 2 is 1.92 bits per heavy atom. The molecular weight excluding hydrogens is 353 g/mol. The lowest BCUT2D eigenvalue weighted by atomic mass is 9.95. The number of carbonyl (C=O) groups is 2. The van der Waals surface area contributed by atoms with Crippen molar-refractivity contribution in [2.24, 2.45) is 5.92 Å². The van der Waals surface area contributed by atoms with Crippen LogP contribution in [-0.4, -0.2) is 34.8 Å². The van der Waals surface area contributed by atoms with Crippen LogP contribution in [0.1, 0.15) is 40.7 Å². The molecule has 138 valence electrons. The van der Waals surface area contributed by atoms with Crippen LogP contribution in [0.25, 0.3) is 0 Å². The number of likely N-dealkylation sites (tertiary alicyclic amines) is 1. The van der Waals surface area contributed by atoms with Crippen LogP contribution in [0.3, 0.4) is 0 Å². The lowest BCUT2D eigenvalue weighted by molar-refractivity contribution is -0.121. The summed E-state index contributed by atoms with van der Waals surface area (Å²) in [5, 5.41) is 3.56. The summed E-state index contributed by atoms with van der Waals surface area (Å²) < 4.78 is 13.0. The Balaban J connectivity index is 1.54. The minimum atomic E-state index is -0.361. The molecule has 0 radical (unpaired) electrons. The van der Waals surface area contributed by atoms with E-state index in [9.17, 15) is 14.0 Å². The quantitative estimate of drug-likeness (QED) is 0.887. The van der Waals surface area contributed by atoms with E-state index in [1.165, 1.54) is 35.6 Å². The fraction of sp³-hybridized carbons (Fsp3) is 0.421. The van der Waals surface area contributed by atoms with Crippen molar-refractivity contribution in [1.29, 1.82) is 0 Å². The van der Waals surface area contributed by atoms with Crippen LogP contribution in [0.5, 0.6) is 0 Å². The number of piperidine rings is 1. The molecule has 0 saturated carbocycles. The molecule has 0 atom stereocenters. The maximum atomic E-state index is 13.0. The topological polar surface area (TPSA) is 62.3 Å². The Labute approximate surface area is 156 Å². The third kappa shape index (κ3) is 4.09. The molecule has 1 N–H and O–H groups in total. The summed E-state index contributed by atoms with van der Waals surface area (Å²) in [5.41, 5.74) is 1.49. The van der Waals surface area contributed by atoms with E-state index in [4.69, 9.17) is 0 Å². The number of thiazole rings is 1. The van der Waals surface area contributed by atoms with Gasteiger partial charge in [-0.1, -0.05) is 6.92 Å². The molecule has 2 heterocycles. The molecule has 0 bridgehead atoms. The average molecular weight is 375 g/mol. The van der Waals surface area contributed by atoms with Gasteiger partial charge in [0.05, 0.1) is 5.69 Å². The second-order valence-electron chi connectivity index (χ2n) is 6.44. The van der Waals surface area contributed by atoms with Crippen molar-refractivity contribution in [2.75, 3.05) is 18.4 Å². The Morgan fingerprint density at radius 1 is 1.27 bits per heavy atom. The van der Waals surface area contributed by atoms with Gasteiger partial charge < -0.3 is 10.2 Å². The number of nitrogens with one attached hydrogen (secondary N) is 1. The van der Waals surface area contributed by atoms with Crippen LogP contribution in [0.4, 0.5) is 9.52 Å². The summed E-state index contributed by atoms with van der Waals surface area (Å²) >= 11 is 1.50. The van der Waals surface area contributed by atoms with Crippen LogP contribution in [0.15, 0.2) is 24.3 Å². The highest BCUT2D eigenvalue weighted by Gasteiger charge is 2.28. The predicted octanol–water partition coefficient (Wildman–Crippen LogP) is 3.64. The maximum Gasteiger partial charge on any atom is 0.253 e. The number of aromatic nitrogens is 1. The van der Waals surface area contributed by atoms with Gasteiger partial charge in [0.25, 0.3) is 5.91 Å². The van der Waals surface area contributed by atoms with Crippen molar-refractivity contribution in [3.05, 3.63) is 46.2 Å². The summed E-state index contributed by atoms with van der Waals surface area (Å²) in [6, 6.07) is 5.56. The molecule has 1 saturated heterocycles. The van der Waals surface area contributed by atoms with E-state index in [2.05, 4.69) is 10.3 Å². The number of carbonyl (C=O) groups excluding carboxylic acids is 2. The van der Waals surface area contributed by atoms with E-state index in [-0.39, 0.29) is 23.5 Å². The third-order valence-electron chi connectivity index (χ3n) is 4.70. The molecule has 1 aliphatic heterocycles. The normalized spacial score (nSPS) is 15.1. The van der Waals surface area contributed by atoms with E-state index < -0.39 is 0 Å². The first kappa shape index (κ1) is 18.5. The molecule has 5 nitrogen and oxygen atoms in total. The number of aryl methyl sites for hydroxylation is 2. The van der Waals surface area contributed by atoms with Gasteiger partial charge in [0.15, 0.2) is 5.13 Å². The lowest BCUT2D eigenvalue weighted by Gasteiger charge is -2.31. The number of halogens is 1. The molecule has 26 heavy (non-hydrogen) atoms. The van der Waals surface area contributed by atoms with E-state index >= 15 is 0 Å². The summed E-state index contributed by atoms with van der Waals surface area (Å²) in [6.07, 6.45) is 2.08. The highest BCUT2D eigenvalue weighted by molar-refractivity contribution is 7.15. The van der Waals surface area contributed by atoms with Gasteiger partial charge in [0, 0.05) is 29.4 Å². The van der Waals surface area contributed by atoms with Gasteiger partial charge in [-0.25, -0.2) is 9.37 Å². The maximum absolute atomic E-state index is 13.0. The average Bonchev–Trinajstić information content (AvgIpc) is 3.01. The molecule has 1 fully saturated rings. The van der Waals surface area contributed by atoms with Gasteiger partial charge in [0.1, 0.15) is 5.82 Å². The first-order valence-electron chi connectivity index (χ1n) is 8.80. The summed E-state index contributed by atoms with van der Waals surface area (Å²) in [6.45, 7) is 5.09. The first-order chi connectivity index (χ1) is 12.5. The second-order valence-corrected chi connectivity index (χ2v) is 7.64. The Bertz CT molecular complexity index is 796. The molecule has 1 aromatic heterocycles. The van der Waals surface area contributed by atoms with Gasteiger partial charge in [0.2, 0.25) is 5.91 Å². The monoisotopic (exact) mass is 375 g/mol. The summed E-state index contributed by atoms with van der Waals surface area (Å²) in [4.78, 5) is 32.2. The zero-order valence-corrected chi connectivity index (χ0v) is 15.7. The van der Waals surface area contributed by atoms with Gasteiger partial charge in [-0.3, -0.25) is 9.59 Å². The van der Waals surface area contributed by atoms with Gasteiger partial charge >= 0.3 is 0 Å². The smallest absolute Gasteiger partial charge is 0.253 e. The standard InChI is InChI=1S/C19H22FN3O2S/c1-3-16-12(2)26-19(21-16)22-17(24)13-8-10-23(11-9-13)18(25)14-4-6-15(20)7-5-14/h4-7,13H,3,8-11H2,1-2H3,(H,21,22,24). The van der Waals surface area contributed by atoms with E-state index in [1.807, 2.05) is 13.8 Å². The number of anilines is 1. The molecule has 0 unspecified atom stereocenters. The van der Waals surface area contributed by atoms with Crippen LogP contribution >= 0.6 is 11.3 Å². The van der Waals surface area contributed by atoms with Crippen LogP contribution in [0.2, 0.25) is 0 Å². The van der Waals surface area contributed by atoms with Crippen molar-refractivity contribution in [2.45, 2.75) is 33.1 Å².